The van der Waals surface area contributed by atoms with Gasteiger partial charge in [0.2, 0.25) is 5.91 Å². The van der Waals surface area contributed by atoms with Gasteiger partial charge in [-0.3, -0.25) is 9.79 Å². The van der Waals surface area contributed by atoms with Crippen LogP contribution in [-0.4, -0.2) is 29.6 Å². The second kappa shape index (κ2) is 5.89. The van der Waals surface area contributed by atoms with Gasteiger partial charge in [-0.05, 0) is 24.3 Å². The summed E-state index contributed by atoms with van der Waals surface area (Å²) in [5, 5.41) is 0.143. The van der Waals surface area contributed by atoms with Gasteiger partial charge in [-0.1, -0.05) is 18.2 Å². The molecule has 0 unspecified atom stereocenters. The van der Waals surface area contributed by atoms with Crippen LogP contribution in [0.3, 0.4) is 0 Å². The Balaban J connectivity index is 2.25. The van der Waals surface area contributed by atoms with Gasteiger partial charge in [0.05, 0.1) is 22.8 Å². The van der Waals surface area contributed by atoms with Gasteiger partial charge in [0.15, 0.2) is 0 Å². The van der Waals surface area contributed by atoms with E-state index in [0.717, 1.165) is 12.1 Å². The molecule has 3 nitrogen and oxygen atoms in total. The predicted octanol–water partition coefficient (Wildman–Crippen LogP) is 3.85. The van der Waals surface area contributed by atoms with Gasteiger partial charge in [0.25, 0.3) is 0 Å². The molecule has 1 aliphatic rings. The summed E-state index contributed by atoms with van der Waals surface area (Å²) in [6.07, 6.45) is -2.74. The van der Waals surface area contributed by atoms with E-state index in [2.05, 4.69) is 11.6 Å². The standard InChI is InChI=1S/C14H12ClF3N2O/c1-2-13(21)20-6-5-10(8-20)19-12-7-9(14(16,17)18)3-4-11(12)15/h2-4,7H,1,5-6,8H2. The zero-order chi connectivity index (χ0) is 15.6. The van der Waals surface area contributed by atoms with Crippen LogP contribution < -0.4 is 0 Å². The van der Waals surface area contributed by atoms with E-state index >= 15 is 0 Å². The lowest BCUT2D eigenvalue weighted by atomic mass is 10.2. The average molecular weight is 317 g/mol. The van der Waals surface area contributed by atoms with Crippen molar-refractivity contribution in [2.75, 3.05) is 13.1 Å². The number of amides is 1. The van der Waals surface area contributed by atoms with E-state index in [1.54, 1.807) is 0 Å². The van der Waals surface area contributed by atoms with E-state index < -0.39 is 11.7 Å². The van der Waals surface area contributed by atoms with E-state index in [-0.39, 0.29) is 23.2 Å². The van der Waals surface area contributed by atoms with E-state index in [0.29, 0.717) is 18.7 Å². The number of halogens is 4. The number of aliphatic imine (C=N–C) groups is 1. The van der Waals surface area contributed by atoms with E-state index in [1.165, 1.54) is 17.0 Å². The zero-order valence-electron chi connectivity index (χ0n) is 11.0. The van der Waals surface area contributed by atoms with Crippen molar-refractivity contribution in [2.45, 2.75) is 12.6 Å². The van der Waals surface area contributed by atoms with Crippen molar-refractivity contribution in [1.82, 2.24) is 4.90 Å². The molecule has 2 rings (SSSR count). The van der Waals surface area contributed by atoms with Crippen LogP contribution in [-0.2, 0) is 11.0 Å². The maximum absolute atomic E-state index is 12.7. The minimum absolute atomic E-state index is 0.0643. The first-order valence-corrected chi connectivity index (χ1v) is 6.53. The van der Waals surface area contributed by atoms with Crippen molar-refractivity contribution in [3.05, 3.63) is 41.4 Å². The number of benzene rings is 1. The summed E-state index contributed by atoms with van der Waals surface area (Å²) in [6, 6.07) is 2.99. The predicted molar refractivity (Wildman–Crippen MR) is 74.9 cm³/mol. The lowest BCUT2D eigenvalue weighted by Crippen LogP contribution is -2.26. The number of carbonyl (C=O) groups excluding carboxylic acids is 1. The highest BCUT2D eigenvalue weighted by Gasteiger charge is 2.31. The van der Waals surface area contributed by atoms with Crippen LogP contribution >= 0.6 is 11.6 Å². The molecule has 1 aliphatic heterocycles. The molecule has 7 heteroatoms. The smallest absolute Gasteiger partial charge is 0.333 e. The van der Waals surface area contributed by atoms with Gasteiger partial charge >= 0.3 is 6.18 Å². The first-order chi connectivity index (χ1) is 9.81. The molecule has 112 valence electrons. The molecule has 1 aromatic carbocycles. The summed E-state index contributed by atoms with van der Waals surface area (Å²) in [5.74, 6) is -0.227. The molecule has 0 N–H and O–H groups in total. The maximum Gasteiger partial charge on any atom is 0.416 e. The minimum atomic E-state index is -4.44. The Morgan fingerprint density at radius 2 is 2.14 bits per heavy atom. The van der Waals surface area contributed by atoms with Crippen molar-refractivity contribution in [3.63, 3.8) is 0 Å². The number of likely N-dealkylation sites (tertiary alicyclic amines) is 1. The molecule has 1 amide bonds. The van der Waals surface area contributed by atoms with Crippen molar-refractivity contribution in [1.29, 1.82) is 0 Å². The fourth-order valence-corrected chi connectivity index (χ4v) is 2.16. The SMILES string of the molecule is C=CC(=O)N1CCC(=Nc2cc(C(F)(F)F)ccc2Cl)C1. The van der Waals surface area contributed by atoms with Crippen molar-refractivity contribution >= 4 is 28.9 Å². The lowest BCUT2D eigenvalue weighted by molar-refractivity contribution is -0.137. The van der Waals surface area contributed by atoms with Crippen LogP contribution in [0, 0.1) is 0 Å². The van der Waals surface area contributed by atoms with E-state index in [4.69, 9.17) is 11.6 Å². The normalized spacial score (nSPS) is 17.3. The highest BCUT2D eigenvalue weighted by atomic mass is 35.5. The summed E-state index contributed by atoms with van der Waals surface area (Å²) >= 11 is 5.88. The third-order valence-corrected chi connectivity index (χ3v) is 3.40. The molecule has 21 heavy (non-hydrogen) atoms. The summed E-state index contributed by atoms with van der Waals surface area (Å²) in [6.45, 7) is 4.14. The monoisotopic (exact) mass is 316 g/mol. The quantitative estimate of drug-likeness (QED) is 0.763. The molecular weight excluding hydrogens is 305 g/mol. The van der Waals surface area contributed by atoms with Crippen molar-refractivity contribution < 1.29 is 18.0 Å². The summed E-state index contributed by atoms with van der Waals surface area (Å²) in [7, 11) is 0. The number of carbonyl (C=O) groups is 1. The Morgan fingerprint density at radius 3 is 2.76 bits per heavy atom. The minimum Gasteiger partial charge on any atom is -0.333 e. The maximum atomic E-state index is 12.7. The highest BCUT2D eigenvalue weighted by Crippen LogP contribution is 2.35. The van der Waals surface area contributed by atoms with Crippen LogP contribution in [0.4, 0.5) is 18.9 Å². The highest BCUT2D eigenvalue weighted by molar-refractivity contribution is 6.33. The van der Waals surface area contributed by atoms with Gasteiger partial charge in [-0.15, -0.1) is 0 Å². The van der Waals surface area contributed by atoms with Gasteiger partial charge in [-0.25, -0.2) is 0 Å². The second-order valence-electron chi connectivity index (χ2n) is 4.56. The van der Waals surface area contributed by atoms with Gasteiger partial charge < -0.3 is 4.90 Å². The molecule has 0 radical (unpaired) electrons. The van der Waals surface area contributed by atoms with Crippen LogP contribution in [0.15, 0.2) is 35.8 Å². The van der Waals surface area contributed by atoms with Crippen LogP contribution in [0.5, 0.6) is 0 Å². The molecule has 0 saturated carbocycles. The van der Waals surface area contributed by atoms with Crippen LogP contribution in [0.25, 0.3) is 0 Å². The average Bonchev–Trinajstić information content (AvgIpc) is 2.87. The first kappa shape index (κ1) is 15.6. The van der Waals surface area contributed by atoms with E-state index in [9.17, 15) is 18.0 Å². The third-order valence-electron chi connectivity index (χ3n) is 3.08. The van der Waals surface area contributed by atoms with Gasteiger partial charge in [0, 0.05) is 18.7 Å². The first-order valence-electron chi connectivity index (χ1n) is 6.16. The van der Waals surface area contributed by atoms with Gasteiger partial charge in [-0.2, -0.15) is 13.2 Å². The molecule has 1 heterocycles. The van der Waals surface area contributed by atoms with Crippen LogP contribution in [0.2, 0.25) is 5.02 Å². The van der Waals surface area contributed by atoms with E-state index in [1.807, 2.05) is 0 Å². The largest absolute Gasteiger partial charge is 0.416 e. The van der Waals surface area contributed by atoms with Crippen molar-refractivity contribution in [2.24, 2.45) is 4.99 Å². The molecule has 1 aromatic rings. The Kier molecular flexibility index (Phi) is 4.37. The Hall–Kier alpha value is -1.82. The van der Waals surface area contributed by atoms with Crippen molar-refractivity contribution in [3.8, 4) is 0 Å². The number of nitrogens with zero attached hydrogens (tertiary/aromatic N) is 2. The number of hydrogen-bond donors (Lipinski definition) is 0. The molecular formula is C14H12ClF3N2O. The summed E-state index contributed by atoms with van der Waals surface area (Å²) < 4.78 is 38.0. The molecule has 0 aromatic heterocycles. The number of rotatable bonds is 2. The Labute approximate surface area is 124 Å². The Morgan fingerprint density at radius 1 is 1.43 bits per heavy atom. The third kappa shape index (κ3) is 3.64. The molecule has 0 atom stereocenters. The summed E-state index contributed by atoms with van der Waals surface area (Å²) in [5.41, 5.74) is -0.121. The fraction of sp³-hybridized carbons (Fsp3) is 0.286. The zero-order valence-corrected chi connectivity index (χ0v) is 11.7. The molecule has 0 spiro atoms. The Bertz CT molecular complexity index is 611. The van der Waals surface area contributed by atoms with Crippen LogP contribution in [0.1, 0.15) is 12.0 Å². The molecule has 0 aliphatic carbocycles. The lowest BCUT2D eigenvalue weighted by Gasteiger charge is -2.11. The fourth-order valence-electron chi connectivity index (χ4n) is 2.00. The number of alkyl halides is 3. The molecule has 1 fully saturated rings. The van der Waals surface area contributed by atoms with Gasteiger partial charge in [0.1, 0.15) is 0 Å². The molecule has 1 saturated heterocycles. The topological polar surface area (TPSA) is 32.7 Å². The molecule has 0 bridgehead atoms. The summed E-state index contributed by atoms with van der Waals surface area (Å²) in [4.78, 5) is 17.1. The number of hydrogen-bond acceptors (Lipinski definition) is 2. The second-order valence-corrected chi connectivity index (χ2v) is 4.96.